The van der Waals surface area contributed by atoms with Gasteiger partial charge < -0.3 is 4.90 Å². The van der Waals surface area contributed by atoms with Crippen molar-refractivity contribution in [2.24, 2.45) is 5.92 Å². The Morgan fingerprint density at radius 1 is 1.42 bits per heavy atom. The van der Waals surface area contributed by atoms with E-state index in [1.54, 1.807) is 4.90 Å². The molecule has 1 amide bonds. The van der Waals surface area contributed by atoms with E-state index in [0.29, 0.717) is 6.42 Å². The highest BCUT2D eigenvalue weighted by molar-refractivity contribution is 5.98. The van der Waals surface area contributed by atoms with E-state index in [1.165, 1.54) is 0 Å². The van der Waals surface area contributed by atoms with Gasteiger partial charge >= 0.3 is 0 Å². The normalized spacial score (nSPS) is 21.3. The van der Waals surface area contributed by atoms with Crippen LogP contribution in [0.3, 0.4) is 0 Å². The first-order chi connectivity index (χ1) is 8.93. The van der Waals surface area contributed by atoms with Gasteiger partial charge in [-0.2, -0.15) is 0 Å². The van der Waals surface area contributed by atoms with Gasteiger partial charge in [0, 0.05) is 23.1 Å². The van der Waals surface area contributed by atoms with Gasteiger partial charge in [-0.1, -0.05) is 18.2 Å². The molecule has 0 heterocycles. The molecule has 0 unspecified atom stereocenters. The molecular formula is C14H18N2O3. The van der Waals surface area contributed by atoms with Crippen LogP contribution < -0.4 is 4.90 Å². The Morgan fingerprint density at radius 3 is 2.53 bits per heavy atom. The number of nitrogens with zero attached hydrogens (tertiary/aromatic N) is 2. The van der Waals surface area contributed by atoms with Crippen molar-refractivity contribution in [2.45, 2.75) is 39.3 Å². The largest absolute Gasteiger partial charge is 0.309 e. The van der Waals surface area contributed by atoms with Crippen LogP contribution in [-0.4, -0.2) is 22.9 Å². The third-order valence-corrected chi connectivity index (χ3v) is 3.47. The average molecular weight is 262 g/mol. The van der Waals surface area contributed by atoms with Crippen LogP contribution in [0.1, 0.15) is 25.8 Å². The van der Waals surface area contributed by atoms with E-state index in [0.717, 1.165) is 11.3 Å². The first-order valence-corrected chi connectivity index (χ1v) is 6.45. The highest BCUT2D eigenvalue weighted by atomic mass is 16.6. The summed E-state index contributed by atoms with van der Waals surface area (Å²) in [6, 6.07) is 6.91. The maximum Gasteiger partial charge on any atom is 0.237 e. The summed E-state index contributed by atoms with van der Waals surface area (Å²) in [6.45, 7) is 5.79. The summed E-state index contributed by atoms with van der Waals surface area (Å²) >= 11 is 0. The number of carbonyl (C=O) groups is 1. The minimum absolute atomic E-state index is 0.0124. The van der Waals surface area contributed by atoms with Gasteiger partial charge in [-0.25, -0.2) is 0 Å². The van der Waals surface area contributed by atoms with Gasteiger partial charge in [0.1, 0.15) is 5.92 Å². The minimum Gasteiger partial charge on any atom is -0.309 e. The zero-order valence-electron chi connectivity index (χ0n) is 11.4. The lowest BCUT2D eigenvalue weighted by Crippen LogP contribution is -2.39. The molecule has 1 aromatic rings. The zero-order valence-corrected chi connectivity index (χ0v) is 11.4. The Hall–Kier alpha value is -1.91. The van der Waals surface area contributed by atoms with Crippen LogP contribution in [0.2, 0.25) is 0 Å². The average Bonchev–Trinajstić information content (AvgIpc) is 3.11. The molecule has 2 rings (SSSR count). The summed E-state index contributed by atoms with van der Waals surface area (Å²) < 4.78 is 0. The number of rotatable bonds is 4. The maximum absolute atomic E-state index is 12.4. The highest BCUT2D eigenvalue weighted by Gasteiger charge is 2.55. The van der Waals surface area contributed by atoms with E-state index < -0.39 is 12.0 Å². The van der Waals surface area contributed by atoms with Gasteiger partial charge in [0.15, 0.2) is 0 Å². The van der Waals surface area contributed by atoms with Crippen molar-refractivity contribution in [2.75, 3.05) is 4.90 Å². The van der Waals surface area contributed by atoms with Crippen molar-refractivity contribution in [3.8, 4) is 0 Å². The zero-order chi connectivity index (χ0) is 14.2. The quantitative estimate of drug-likeness (QED) is 0.618. The maximum atomic E-state index is 12.4. The molecule has 1 aliphatic rings. The Bertz CT molecular complexity index is 513. The number of hydrogen-bond donors (Lipinski definition) is 0. The van der Waals surface area contributed by atoms with Crippen molar-refractivity contribution in [3.05, 3.63) is 39.9 Å². The lowest BCUT2D eigenvalue weighted by Gasteiger charge is -2.28. The fraction of sp³-hybridized carbons (Fsp3) is 0.500. The van der Waals surface area contributed by atoms with Crippen LogP contribution >= 0.6 is 0 Å². The number of anilines is 1. The second kappa shape index (κ2) is 4.99. The Morgan fingerprint density at radius 2 is 2.05 bits per heavy atom. The predicted octanol–water partition coefficient (Wildman–Crippen LogP) is 2.40. The first-order valence-electron chi connectivity index (χ1n) is 6.45. The summed E-state index contributed by atoms with van der Waals surface area (Å²) in [5.41, 5.74) is 1.85. The van der Waals surface area contributed by atoms with E-state index in [9.17, 15) is 14.9 Å². The molecule has 19 heavy (non-hydrogen) atoms. The summed E-state index contributed by atoms with van der Waals surface area (Å²) in [4.78, 5) is 24.5. The fourth-order valence-corrected chi connectivity index (χ4v) is 2.34. The Kier molecular flexibility index (Phi) is 3.55. The van der Waals surface area contributed by atoms with Crippen LogP contribution in [0.15, 0.2) is 24.3 Å². The van der Waals surface area contributed by atoms with Gasteiger partial charge in [-0.3, -0.25) is 14.9 Å². The Balaban J connectivity index is 2.25. The number of para-hydroxylation sites is 1. The van der Waals surface area contributed by atoms with Gasteiger partial charge in [0.25, 0.3) is 0 Å². The SMILES string of the molecule is Cc1ccccc1N(C(=O)[C@H]1C[C@H]1[N+](=O)[O-])C(C)C. The summed E-state index contributed by atoms with van der Waals surface area (Å²) in [6.07, 6.45) is 0.362. The van der Waals surface area contributed by atoms with E-state index in [4.69, 9.17) is 0 Å². The second-order valence-electron chi connectivity index (χ2n) is 5.28. The lowest BCUT2D eigenvalue weighted by atomic mass is 10.1. The number of carbonyl (C=O) groups excluding carboxylic acids is 1. The van der Waals surface area contributed by atoms with Crippen molar-refractivity contribution in [1.29, 1.82) is 0 Å². The van der Waals surface area contributed by atoms with Crippen LogP contribution in [0, 0.1) is 23.0 Å². The van der Waals surface area contributed by atoms with Gasteiger partial charge in [0.2, 0.25) is 11.9 Å². The highest BCUT2D eigenvalue weighted by Crippen LogP contribution is 2.37. The third kappa shape index (κ3) is 2.59. The molecule has 0 radical (unpaired) electrons. The van der Waals surface area contributed by atoms with Crippen molar-refractivity contribution in [3.63, 3.8) is 0 Å². The predicted molar refractivity (Wildman–Crippen MR) is 72.7 cm³/mol. The number of benzene rings is 1. The van der Waals surface area contributed by atoms with Crippen LogP contribution in [-0.2, 0) is 4.79 Å². The summed E-state index contributed by atoms with van der Waals surface area (Å²) in [5.74, 6) is -0.594. The molecule has 0 aliphatic heterocycles. The monoisotopic (exact) mass is 262 g/mol. The number of amides is 1. The molecule has 102 valence electrons. The molecule has 1 saturated carbocycles. The van der Waals surface area contributed by atoms with Gasteiger partial charge in [-0.05, 0) is 32.4 Å². The molecule has 1 aliphatic carbocycles. The molecular weight excluding hydrogens is 244 g/mol. The molecule has 0 bridgehead atoms. The molecule has 0 aromatic heterocycles. The fourth-order valence-electron chi connectivity index (χ4n) is 2.34. The topological polar surface area (TPSA) is 63.5 Å². The number of aryl methyl sites for hydroxylation is 1. The van der Waals surface area contributed by atoms with Gasteiger partial charge in [-0.15, -0.1) is 0 Å². The number of nitro groups is 1. The molecule has 5 heteroatoms. The van der Waals surface area contributed by atoms with E-state index in [2.05, 4.69) is 0 Å². The molecule has 1 fully saturated rings. The minimum atomic E-state index is -0.697. The molecule has 5 nitrogen and oxygen atoms in total. The summed E-state index contributed by atoms with van der Waals surface area (Å²) in [5, 5.41) is 10.7. The van der Waals surface area contributed by atoms with E-state index in [-0.39, 0.29) is 16.9 Å². The van der Waals surface area contributed by atoms with E-state index in [1.807, 2.05) is 45.0 Å². The van der Waals surface area contributed by atoms with Crippen LogP contribution in [0.25, 0.3) is 0 Å². The molecule has 1 aromatic carbocycles. The molecule has 0 N–H and O–H groups in total. The molecule has 0 saturated heterocycles. The van der Waals surface area contributed by atoms with Gasteiger partial charge in [0.05, 0.1) is 0 Å². The lowest BCUT2D eigenvalue weighted by molar-refractivity contribution is -0.497. The van der Waals surface area contributed by atoms with Crippen LogP contribution in [0.4, 0.5) is 5.69 Å². The van der Waals surface area contributed by atoms with Crippen LogP contribution in [0.5, 0.6) is 0 Å². The van der Waals surface area contributed by atoms with Crippen molar-refractivity contribution < 1.29 is 9.72 Å². The second-order valence-corrected chi connectivity index (χ2v) is 5.28. The standard InChI is InChI=1S/C14H18N2O3/c1-9(2)15(12-7-5-4-6-10(12)3)14(17)11-8-13(11)16(18)19/h4-7,9,11,13H,8H2,1-3H3/t11-,13+/m0/s1. The van der Waals surface area contributed by atoms with Crippen molar-refractivity contribution in [1.82, 2.24) is 0 Å². The summed E-state index contributed by atoms with van der Waals surface area (Å²) in [7, 11) is 0. The molecule has 2 atom stereocenters. The smallest absolute Gasteiger partial charge is 0.237 e. The van der Waals surface area contributed by atoms with E-state index >= 15 is 0 Å². The number of hydrogen-bond acceptors (Lipinski definition) is 3. The Labute approximate surface area is 112 Å². The third-order valence-electron chi connectivity index (χ3n) is 3.47. The molecule has 0 spiro atoms. The van der Waals surface area contributed by atoms with Crippen molar-refractivity contribution >= 4 is 11.6 Å². The first kappa shape index (κ1) is 13.5.